The van der Waals surface area contributed by atoms with Gasteiger partial charge in [0.05, 0.1) is 6.04 Å². The van der Waals surface area contributed by atoms with Crippen molar-refractivity contribution in [1.82, 2.24) is 4.90 Å². The molecule has 0 aliphatic carbocycles. The van der Waals surface area contributed by atoms with Gasteiger partial charge in [-0.05, 0) is 58.8 Å². The molecular weight excluding hydrogens is 362 g/mol. The number of hydrogen-bond acceptors (Lipinski definition) is 2. The number of thiophene rings is 1. The SMILES string of the molecule is Cc1ccc([C@@H]2c3ccsc3CCN2C(=O)c2ccc3ccccc3c2)cc1. The predicted molar refractivity (Wildman–Crippen MR) is 116 cm³/mol. The number of carbonyl (C=O) groups is 1. The van der Waals surface area contributed by atoms with Gasteiger partial charge in [-0.1, -0.05) is 60.2 Å². The molecule has 5 rings (SSSR count). The summed E-state index contributed by atoms with van der Waals surface area (Å²) in [6.45, 7) is 2.84. The van der Waals surface area contributed by atoms with E-state index in [1.165, 1.54) is 21.6 Å². The normalized spacial score (nSPS) is 16.2. The quantitative estimate of drug-likeness (QED) is 0.416. The van der Waals surface area contributed by atoms with Gasteiger partial charge in [0.25, 0.3) is 5.91 Å². The summed E-state index contributed by atoms with van der Waals surface area (Å²) < 4.78 is 0. The van der Waals surface area contributed by atoms with Crippen molar-refractivity contribution in [3.63, 3.8) is 0 Å². The molecule has 0 fully saturated rings. The number of hydrogen-bond donors (Lipinski definition) is 0. The molecule has 0 bridgehead atoms. The van der Waals surface area contributed by atoms with E-state index in [1.54, 1.807) is 11.3 Å². The van der Waals surface area contributed by atoms with Crippen LogP contribution in [-0.2, 0) is 6.42 Å². The van der Waals surface area contributed by atoms with Crippen LogP contribution in [0.2, 0.25) is 0 Å². The summed E-state index contributed by atoms with van der Waals surface area (Å²) in [5.74, 6) is 0.105. The van der Waals surface area contributed by atoms with E-state index in [9.17, 15) is 4.79 Å². The van der Waals surface area contributed by atoms with Crippen LogP contribution in [0.25, 0.3) is 10.8 Å². The Morgan fingerprint density at radius 2 is 1.75 bits per heavy atom. The number of fused-ring (bicyclic) bond motifs is 2. The summed E-state index contributed by atoms with van der Waals surface area (Å²) in [6.07, 6.45) is 0.925. The lowest BCUT2D eigenvalue weighted by molar-refractivity contribution is 0.0696. The zero-order chi connectivity index (χ0) is 19.1. The summed E-state index contributed by atoms with van der Waals surface area (Å²) in [7, 11) is 0. The second kappa shape index (κ2) is 6.92. The van der Waals surface area contributed by atoms with Gasteiger partial charge >= 0.3 is 0 Å². The van der Waals surface area contributed by atoms with Crippen LogP contribution in [0.5, 0.6) is 0 Å². The molecule has 138 valence electrons. The van der Waals surface area contributed by atoms with Crippen molar-refractivity contribution in [3.05, 3.63) is 105 Å². The molecule has 1 atom stereocenters. The Morgan fingerprint density at radius 1 is 0.964 bits per heavy atom. The van der Waals surface area contributed by atoms with Gasteiger partial charge in [0.15, 0.2) is 0 Å². The lowest BCUT2D eigenvalue weighted by Gasteiger charge is -2.36. The molecule has 1 aromatic heterocycles. The van der Waals surface area contributed by atoms with Gasteiger partial charge in [0, 0.05) is 17.0 Å². The van der Waals surface area contributed by atoms with E-state index in [0.717, 1.165) is 29.3 Å². The first-order valence-electron chi connectivity index (χ1n) is 9.63. The molecule has 0 N–H and O–H groups in total. The van der Waals surface area contributed by atoms with E-state index in [-0.39, 0.29) is 11.9 Å². The Balaban J connectivity index is 1.58. The van der Waals surface area contributed by atoms with Crippen molar-refractivity contribution < 1.29 is 4.79 Å². The fourth-order valence-electron chi connectivity index (χ4n) is 4.13. The molecule has 2 nitrogen and oxygen atoms in total. The Kier molecular flexibility index (Phi) is 4.25. The predicted octanol–water partition coefficient (Wildman–Crippen LogP) is 6.00. The van der Waals surface area contributed by atoms with E-state index in [4.69, 9.17) is 0 Å². The van der Waals surface area contributed by atoms with Crippen LogP contribution in [0.3, 0.4) is 0 Å². The topological polar surface area (TPSA) is 20.3 Å². The van der Waals surface area contributed by atoms with E-state index in [2.05, 4.69) is 54.8 Å². The van der Waals surface area contributed by atoms with Crippen molar-refractivity contribution in [1.29, 1.82) is 0 Å². The zero-order valence-electron chi connectivity index (χ0n) is 15.8. The van der Waals surface area contributed by atoms with Crippen molar-refractivity contribution in [2.75, 3.05) is 6.54 Å². The van der Waals surface area contributed by atoms with Crippen LogP contribution in [0, 0.1) is 6.92 Å². The summed E-state index contributed by atoms with van der Waals surface area (Å²) in [5, 5.41) is 4.41. The first kappa shape index (κ1) is 17.2. The number of amides is 1. The molecule has 0 radical (unpaired) electrons. The minimum atomic E-state index is -0.0189. The van der Waals surface area contributed by atoms with Crippen LogP contribution in [0.15, 0.2) is 78.2 Å². The Hall–Kier alpha value is -2.91. The van der Waals surface area contributed by atoms with Gasteiger partial charge in [0.2, 0.25) is 0 Å². The molecule has 0 unspecified atom stereocenters. The first-order valence-corrected chi connectivity index (χ1v) is 10.5. The molecular formula is C25H21NOS. The highest BCUT2D eigenvalue weighted by Crippen LogP contribution is 2.38. The smallest absolute Gasteiger partial charge is 0.254 e. The fourth-order valence-corrected chi connectivity index (χ4v) is 5.04. The monoisotopic (exact) mass is 383 g/mol. The number of carbonyl (C=O) groups excluding carboxylic acids is 1. The number of aryl methyl sites for hydroxylation is 1. The first-order chi connectivity index (χ1) is 13.7. The highest BCUT2D eigenvalue weighted by Gasteiger charge is 2.33. The number of nitrogens with zero attached hydrogens (tertiary/aromatic N) is 1. The average molecular weight is 384 g/mol. The fraction of sp³-hybridized carbons (Fsp3) is 0.160. The van der Waals surface area contributed by atoms with Crippen molar-refractivity contribution >= 4 is 28.0 Å². The van der Waals surface area contributed by atoms with Crippen molar-refractivity contribution in [3.8, 4) is 0 Å². The lowest BCUT2D eigenvalue weighted by Crippen LogP contribution is -2.40. The van der Waals surface area contributed by atoms with Crippen LogP contribution in [0.1, 0.15) is 38.0 Å². The van der Waals surface area contributed by atoms with E-state index < -0.39 is 0 Å². The largest absolute Gasteiger partial charge is 0.327 e. The average Bonchev–Trinajstić information content (AvgIpc) is 3.22. The van der Waals surface area contributed by atoms with Gasteiger partial charge < -0.3 is 4.90 Å². The Morgan fingerprint density at radius 3 is 2.57 bits per heavy atom. The molecule has 1 amide bonds. The van der Waals surface area contributed by atoms with Crippen LogP contribution in [-0.4, -0.2) is 17.4 Å². The Labute approximate surface area is 169 Å². The summed E-state index contributed by atoms with van der Waals surface area (Å²) in [5.41, 5.74) is 4.44. The molecule has 0 spiro atoms. The highest BCUT2D eigenvalue weighted by atomic mass is 32.1. The maximum absolute atomic E-state index is 13.6. The lowest BCUT2D eigenvalue weighted by atomic mass is 9.92. The third kappa shape index (κ3) is 2.92. The van der Waals surface area contributed by atoms with Crippen molar-refractivity contribution in [2.45, 2.75) is 19.4 Å². The van der Waals surface area contributed by atoms with Gasteiger partial charge in [-0.3, -0.25) is 4.79 Å². The molecule has 3 aromatic carbocycles. The van der Waals surface area contributed by atoms with Gasteiger partial charge in [-0.15, -0.1) is 11.3 Å². The zero-order valence-corrected chi connectivity index (χ0v) is 16.6. The summed E-state index contributed by atoms with van der Waals surface area (Å²) >= 11 is 1.80. The standard InChI is InChI=1S/C25H21NOS/c1-17-6-8-19(9-7-17)24-22-13-15-28-23(22)12-14-26(24)25(27)21-11-10-18-4-2-3-5-20(18)16-21/h2-11,13,15-16,24H,12,14H2,1H3/t24-/m1/s1. The van der Waals surface area contributed by atoms with Gasteiger partial charge in [-0.25, -0.2) is 0 Å². The molecule has 1 aliphatic rings. The number of rotatable bonds is 2. The molecule has 1 aliphatic heterocycles. The number of benzene rings is 3. The molecule has 2 heterocycles. The van der Waals surface area contributed by atoms with Crippen LogP contribution < -0.4 is 0 Å². The molecule has 4 aromatic rings. The minimum absolute atomic E-state index is 0.0189. The minimum Gasteiger partial charge on any atom is -0.327 e. The van der Waals surface area contributed by atoms with Gasteiger partial charge in [0.1, 0.15) is 0 Å². The summed E-state index contributed by atoms with van der Waals surface area (Å²) in [6, 6.07) is 25.0. The Bertz CT molecular complexity index is 1160. The molecule has 0 saturated heterocycles. The molecule has 28 heavy (non-hydrogen) atoms. The van der Waals surface area contributed by atoms with Crippen LogP contribution in [0.4, 0.5) is 0 Å². The van der Waals surface area contributed by atoms with E-state index in [1.807, 2.05) is 35.2 Å². The van der Waals surface area contributed by atoms with Gasteiger partial charge in [-0.2, -0.15) is 0 Å². The van der Waals surface area contributed by atoms with Crippen molar-refractivity contribution in [2.24, 2.45) is 0 Å². The van der Waals surface area contributed by atoms with Crippen LogP contribution >= 0.6 is 11.3 Å². The third-order valence-corrected chi connectivity index (χ3v) is 6.61. The molecule has 0 saturated carbocycles. The maximum atomic E-state index is 13.6. The van der Waals surface area contributed by atoms with E-state index >= 15 is 0 Å². The second-order valence-electron chi connectivity index (χ2n) is 7.42. The van der Waals surface area contributed by atoms with E-state index in [0.29, 0.717) is 0 Å². The second-order valence-corrected chi connectivity index (χ2v) is 8.42. The molecule has 3 heteroatoms. The summed E-state index contributed by atoms with van der Waals surface area (Å²) in [4.78, 5) is 17.0. The maximum Gasteiger partial charge on any atom is 0.254 e. The highest BCUT2D eigenvalue weighted by molar-refractivity contribution is 7.10. The third-order valence-electron chi connectivity index (χ3n) is 5.62.